The van der Waals surface area contributed by atoms with Crippen molar-refractivity contribution < 1.29 is 4.74 Å². The van der Waals surface area contributed by atoms with E-state index in [-0.39, 0.29) is 0 Å². The average molecular weight is 256 g/mol. The normalized spacial score (nSPS) is 18.1. The number of pyridine rings is 1. The van der Waals surface area contributed by atoms with Gasteiger partial charge < -0.3 is 4.74 Å². The van der Waals surface area contributed by atoms with Crippen molar-refractivity contribution in [3.8, 4) is 5.88 Å². The Balaban J connectivity index is 1.92. The highest BCUT2D eigenvalue weighted by Gasteiger charge is 2.14. The van der Waals surface area contributed by atoms with Crippen LogP contribution in [0.4, 0.5) is 0 Å². The van der Waals surface area contributed by atoms with Crippen LogP contribution in [-0.4, -0.2) is 11.1 Å². The second-order valence-electron chi connectivity index (χ2n) is 3.69. The van der Waals surface area contributed by atoms with Gasteiger partial charge in [-0.25, -0.2) is 4.98 Å². The van der Waals surface area contributed by atoms with E-state index in [1.165, 1.54) is 32.1 Å². The summed E-state index contributed by atoms with van der Waals surface area (Å²) >= 11 is 3.35. The van der Waals surface area contributed by atoms with Crippen LogP contribution >= 0.6 is 15.9 Å². The van der Waals surface area contributed by atoms with Gasteiger partial charge >= 0.3 is 0 Å². The summed E-state index contributed by atoms with van der Waals surface area (Å²) in [6.07, 6.45) is 8.46. The minimum atomic E-state index is 0.387. The van der Waals surface area contributed by atoms with Gasteiger partial charge in [0.1, 0.15) is 6.10 Å². The number of ether oxygens (including phenoxy) is 1. The van der Waals surface area contributed by atoms with Crippen LogP contribution in [-0.2, 0) is 0 Å². The van der Waals surface area contributed by atoms with Crippen LogP contribution in [0.15, 0.2) is 22.8 Å². The van der Waals surface area contributed by atoms with Gasteiger partial charge in [-0.3, -0.25) is 0 Å². The van der Waals surface area contributed by atoms with E-state index >= 15 is 0 Å². The van der Waals surface area contributed by atoms with Crippen molar-refractivity contribution >= 4 is 15.9 Å². The van der Waals surface area contributed by atoms with E-state index in [9.17, 15) is 0 Å². The first-order valence-corrected chi connectivity index (χ1v) is 5.92. The first-order valence-electron chi connectivity index (χ1n) is 5.13. The number of halogens is 1. The molecule has 0 bridgehead atoms. The fourth-order valence-electron chi connectivity index (χ4n) is 1.79. The maximum Gasteiger partial charge on any atom is 0.213 e. The Morgan fingerprint density at radius 2 is 2.00 bits per heavy atom. The van der Waals surface area contributed by atoms with Gasteiger partial charge in [0.15, 0.2) is 0 Å². The van der Waals surface area contributed by atoms with Gasteiger partial charge in [-0.05, 0) is 47.7 Å². The molecule has 0 unspecified atom stereocenters. The van der Waals surface area contributed by atoms with Crippen LogP contribution in [0, 0.1) is 0 Å². The number of rotatable bonds is 2. The monoisotopic (exact) mass is 255 g/mol. The van der Waals surface area contributed by atoms with Crippen molar-refractivity contribution in [1.29, 1.82) is 0 Å². The molecule has 3 heteroatoms. The number of aromatic nitrogens is 1. The molecule has 1 aliphatic rings. The summed E-state index contributed by atoms with van der Waals surface area (Å²) in [6.45, 7) is 0. The molecule has 0 saturated heterocycles. The Kier molecular flexibility index (Phi) is 3.40. The van der Waals surface area contributed by atoms with Crippen molar-refractivity contribution in [2.45, 2.75) is 38.2 Å². The van der Waals surface area contributed by atoms with E-state index in [2.05, 4.69) is 20.9 Å². The largest absolute Gasteiger partial charge is 0.474 e. The fraction of sp³-hybridized carbons (Fsp3) is 0.545. The van der Waals surface area contributed by atoms with Gasteiger partial charge in [0, 0.05) is 16.7 Å². The Hall–Kier alpha value is -0.570. The molecule has 0 radical (unpaired) electrons. The average Bonchev–Trinajstić information content (AvgIpc) is 2.23. The smallest absolute Gasteiger partial charge is 0.213 e. The predicted octanol–water partition coefficient (Wildman–Crippen LogP) is 3.56. The third-order valence-corrected chi connectivity index (χ3v) is 3.01. The lowest BCUT2D eigenvalue weighted by Crippen LogP contribution is -2.19. The standard InChI is InChI=1S/C11H14BrNO/c12-9-6-7-11(13-8-9)14-10-4-2-1-3-5-10/h6-8,10H,1-5H2. The Bertz CT molecular complexity index is 280. The summed E-state index contributed by atoms with van der Waals surface area (Å²) in [5, 5.41) is 0. The maximum atomic E-state index is 5.78. The molecule has 1 aromatic rings. The van der Waals surface area contributed by atoms with Gasteiger partial charge in [0.25, 0.3) is 0 Å². The molecule has 2 rings (SSSR count). The molecule has 0 atom stereocenters. The summed E-state index contributed by atoms with van der Waals surface area (Å²) in [5.41, 5.74) is 0. The van der Waals surface area contributed by atoms with Crippen molar-refractivity contribution in [3.05, 3.63) is 22.8 Å². The molecule has 0 N–H and O–H groups in total. The van der Waals surface area contributed by atoms with Gasteiger partial charge in [-0.1, -0.05) is 6.42 Å². The lowest BCUT2D eigenvalue weighted by Gasteiger charge is -2.22. The van der Waals surface area contributed by atoms with E-state index in [1.807, 2.05) is 12.1 Å². The van der Waals surface area contributed by atoms with Gasteiger partial charge in [-0.15, -0.1) is 0 Å². The highest BCUT2D eigenvalue weighted by atomic mass is 79.9. The zero-order valence-electron chi connectivity index (χ0n) is 8.08. The molecule has 0 amide bonds. The maximum absolute atomic E-state index is 5.78. The SMILES string of the molecule is Brc1ccc(OC2CCCCC2)nc1. The molecule has 0 aromatic carbocycles. The topological polar surface area (TPSA) is 22.1 Å². The number of hydrogen-bond acceptors (Lipinski definition) is 2. The summed E-state index contributed by atoms with van der Waals surface area (Å²) in [6, 6.07) is 3.88. The molecule has 1 heterocycles. The first-order chi connectivity index (χ1) is 6.84. The number of nitrogens with zero attached hydrogens (tertiary/aromatic N) is 1. The fourth-order valence-corrected chi connectivity index (χ4v) is 2.02. The Morgan fingerprint density at radius 1 is 1.21 bits per heavy atom. The van der Waals surface area contributed by atoms with Gasteiger partial charge in [-0.2, -0.15) is 0 Å². The highest BCUT2D eigenvalue weighted by Crippen LogP contribution is 2.22. The minimum absolute atomic E-state index is 0.387. The molecule has 1 aliphatic carbocycles. The van der Waals surface area contributed by atoms with Crippen LogP contribution in [0.2, 0.25) is 0 Å². The van der Waals surface area contributed by atoms with Crippen LogP contribution in [0.1, 0.15) is 32.1 Å². The van der Waals surface area contributed by atoms with E-state index in [0.717, 1.165) is 10.4 Å². The van der Waals surface area contributed by atoms with E-state index < -0.39 is 0 Å². The molecule has 1 saturated carbocycles. The molecule has 1 aromatic heterocycles. The minimum Gasteiger partial charge on any atom is -0.474 e. The van der Waals surface area contributed by atoms with E-state index in [4.69, 9.17) is 4.74 Å². The second kappa shape index (κ2) is 4.78. The third-order valence-electron chi connectivity index (χ3n) is 2.54. The predicted molar refractivity (Wildman–Crippen MR) is 59.4 cm³/mol. The van der Waals surface area contributed by atoms with Gasteiger partial charge in [0.05, 0.1) is 0 Å². The summed E-state index contributed by atoms with van der Waals surface area (Å²) in [5.74, 6) is 0.750. The zero-order chi connectivity index (χ0) is 9.80. The van der Waals surface area contributed by atoms with Crippen molar-refractivity contribution in [2.24, 2.45) is 0 Å². The lowest BCUT2D eigenvalue weighted by atomic mass is 9.98. The summed E-state index contributed by atoms with van der Waals surface area (Å²) < 4.78 is 6.77. The van der Waals surface area contributed by atoms with Crippen LogP contribution < -0.4 is 4.74 Å². The molecular weight excluding hydrogens is 242 g/mol. The first kappa shape index (κ1) is 9.97. The molecule has 1 fully saturated rings. The molecule has 2 nitrogen and oxygen atoms in total. The molecule has 14 heavy (non-hydrogen) atoms. The highest BCUT2D eigenvalue weighted by molar-refractivity contribution is 9.10. The molecular formula is C11H14BrNO. The third kappa shape index (κ3) is 2.71. The Morgan fingerprint density at radius 3 is 2.64 bits per heavy atom. The number of hydrogen-bond donors (Lipinski definition) is 0. The lowest BCUT2D eigenvalue weighted by molar-refractivity contribution is 0.148. The molecule has 0 spiro atoms. The van der Waals surface area contributed by atoms with Crippen LogP contribution in [0.3, 0.4) is 0 Å². The van der Waals surface area contributed by atoms with E-state index in [1.54, 1.807) is 6.20 Å². The molecule has 76 valence electrons. The summed E-state index contributed by atoms with van der Waals surface area (Å²) in [4.78, 5) is 4.20. The Labute approximate surface area is 92.8 Å². The van der Waals surface area contributed by atoms with Crippen LogP contribution in [0.5, 0.6) is 5.88 Å². The van der Waals surface area contributed by atoms with Crippen molar-refractivity contribution in [3.63, 3.8) is 0 Å². The summed E-state index contributed by atoms with van der Waals surface area (Å²) in [7, 11) is 0. The quantitative estimate of drug-likeness (QED) is 0.807. The second-order valence-corrected chi connectivity index (χ2v) is 4.61. The van der Waals surface area contributed by atoms with Gasteiger partial charge in [0.2, 0.25) is 5.88 Å². The van der Waals surface area contributed by atoms with E-state index in [0.29, 0.717) is 6.10 Å². The zero-order valence-corrected chi connectivity index (χ0v) is 9.66. The van der Waals surface area contributed by atoms with Crippen LogP contribution in [0.25, 0.3) is 0 Å². The molecule has 0 aliphatic heterocycles. The van der Waals surface area contributed by atoms with Crippen molar-refractivity contribution in [2.75, 3.05) is 0 Å². The van der Waals surface area contributed by atoms with Crippen molar-refractivity contribution in [1.82, 2.24) is 4.98 Å².